The maximum absolute atomic E-state index is 9.25. The van der Waals surface area contributed by atoms with Gasteiger partial charge in [-0.15, -0.1) is 11.8 Å². The normalized spacial score (nSPS) is 14.5. The summed E-state index contributed by atoms with van der Waals surface area (Å²) in [6.07, 6.45) is 2.11. The van der Waals surface area contributed by atoms with Crippen LogP contribution in [-0.2, 0) is 25.2 Å². The van der Waals surface area contributed by atoms with Crippen LogP contribution in [0, 0.1) is 0 Å². The van der Waals surface area contributed by atoms with E-state index in [1.165, 1.54) is 21.6 Å². The molecule has 0 radical (unpaired) electrons. The van der Waals surface area contributed by atoms with Gasteiger partial charge >= 0.3 is 0 Å². The van der Waals surface area contributed by atoms with Crippen LogP contribution in [0.5, 0.6) is 0 Å². The molecule has 0 saturated heterocycles. The summed E-state index contributed by atoms with van der Waals surface area (Å²) in [6.45, 7) is 2.14. The van der Waals surface area contributed by atoms with Gasteiger partial charge in [-0.05, 0) is 54.3 Å². The number of fused-ring (bicyclic) bond motifs is 1. The molecule has 0 fully saturated rings. The highest BCUT2D eigenvalue weighted by Crippen LogP contribution is 2.36. The first kappa shape index (κ1) is 15.9. The second-order valence-corrected chi connectivity index (χ2v) is 6.92. The number of thioether (sulfide) groups is 1. The number of benzene rings is 2. The Balaban J connectivity index is 1.82. The van der Waals surface area contributed by atoms with E-state index in [0.29, 0.717) is 0 Å². The summed E-state index contributed by atoms with van der Waals surface area (Å²) in [5.41, 5.74) is 5.00. The average molecular weight is 334 g/mol. The Kier molecular flexibility index (Phi) is 5.42. The van der Waals surface area contributed by atoms with Crippen LogP contribution in [0.15, 0.2) is 41.3 Å². The fourth-order valence-electron chi connectivity index (χ4n) is 2.84. The first-order valence-corrected chi connectivity index (χ1v) is 8.96. The minimum Gasteiger partial charge on any atom is -0.392 e. The monoisotopic (exact) mass is 333 g/mol. The van der Waals surface area contributed by atoms with Gasteiger partial charge < -0.3 is 10.4 Å². The van der Waals surface area contributed by atoms with Gasteiger partial charge in [-0.3, -0.25) is 0 Å². The first-order valence-electron chi connectivity index (χ1n) is 7.60. The first-order chi connectivity index (χ1) is 10.8. The molecule has 1 heterocycles. The van der Waals surface area contributed by atoms with Crippen LogP contribution in [0.1, 0.15) is 22.3 Å². The van der Waals surface area contributed by atoms with E-state index in [1.807, 2.05) is 18.2 Å². The molecule has 116 valence electrons. The molecule has 0 atom stereocenters. The molecule has 22 heavy (non-hydrogen) atoms. The van der Waals surface area contributed by atoms with E-state index < -0.39 is 0 Å². The summed E-state index contributed by atoms with van der Waals surface area (Å²) in [7, 11) is 0. The topological polar surface area (TPSA) is 32.3 Å². The number of aliphatic hydroxyl groups excluding tert-OH is 1. The molecule has 0 aliphatic carbocycles. The van der Waals surface area contributed by atoms with Gasteiger partial charge in [0, 0.05) is 10.6 Å². The van der Waals surface area contributed by atoms with Gasteiger partial charge in [-0.25, -0.2) is 0 Å². The zero-order valence-corrected chi connectivity index (χ0v) is 14.0. The molecule has 2 N–H and O–H groups in total. The highest BCUT2D eigenvalue weighted by Gasteiger charge is 2.15. The van der Waals surface area contributed by atoms with E-state index in [4.69, 9.17) is 11.6 Å². The quantitative estimate of drug-likeness (QED) is 0.834. The number of rotatable bonds is 4. The molecular weight excluding hydrogens is 314 g/mol. The molecule has 0 unspecified atom stereocenters. The second-order valence-electron chi connectivity index (χ2n) is 5.53. The van der Waals surface area contributed by atoms with Crippen molar-refractivity contribution in [1.29, 1.82) is 0 Å². The number of nitrogens with one attached hydrogen (secondary N) is 1. The Morgan fingerprint density at radius 2 is 1.91 bits per heavy atom. The standard InChI is InChI=1S/C18H20ClNOS/c19-17-5-4-15-6-8-20-9-7-16(15)18(17)22-12-14-3-1-2-13(10-14)11-21/h1-5,10,20-21H,6-9,11-12H2. The summed E-state index contributed by atoms with van der Waals surface area (Å²) in [5.74, 6) is 0.872. The van der Waals surface area contributed by atoms with E-state index >= 15 is 0 Å². The second kappa shape index (κ2) is 7.51. The van der Waals surface area contributed by atoms with Crippen LogP contribution in [-0.4, -0.2) is 18.2 Å². The maximum atomic E-state index is 9.25. The third-order valence-electron chi connectivity index (χ3n) is 3.99. The van der Waals surface area contributed by atoms with Gasteiger partial charge in [0.15, 0.2) is 0 Å². The van der Waals surface area contributed by atoms with Crippen LogP contribution in [0.3, 0.4) is 0 Å². The lowest BCUT2D eigenvalue weighted by Gasteiger charge is -2.14. The van der Waals surface area contributed by atoms with Crippen molar-refractivity contribution in [3.63, 3.8) is 0 Å². The molecule has 1 aliphatic heterocycles. The molecule has 1 aliphatic rings. The number of hydrogen-bond donors (Lipinski definition) is 2. The molecule has 2 aromatic carbocycles. The van der Waals surface area contributed by atoms with Crippen LogP contribution >= 0.6 is 23.4 Å². The van der Waals surface area contributed by atoms with Gasteiger partial charge in [-0.1, -0.05) is 41.9 Å². The van der Waals surface area contributed by atoms with Crippen molar-refractivity contribution in [3.8, 4) is 0 Å². The van der Waals surface area contributed by atoms with Crippen molar-refractivity contribution in [1.82, 2.24) is 5.32 Å². The fourth-order valence-corrected chi connectivity index (χ4v) is 4.28. The summed E-state index contributed by atoms with van der Waals surface area (Å²) in [6, 6.07) is 12.3. The van der Waals surface area contributed by atoms with Crippen LogP contribution < -0.4 is 5.32 Å². The van der Waals surface area contributed by atoms with Gasteiger partial charge in [0.1, 0.15) is 0 Å². The van der Waals surface area contributed by atoms with Crippen molar-refractivity contribution < 1.29 is 5.11 Å². The predicted octanol–water partition coefficient (Wildman–Crippen LogP) is 3.81. The summed E-state index contributed by atoms with van der Waals surface area (Å²) < 4.78 is 0. The Morgan fingerprint density at radius 1 is 1.09 bits per heavy atom. The maximum Gasteiger partial charge on any atom is 0.0681 e. The Labute approximate surface area is 140 Å². The summed E-state index contributed by atoms with van der Waals surface area (Å²) in [5, 5.41) is 13.5. The van der Waals surface area contributed by atoms with E-state index in [1.54, 1.807) is 11.8 Å². The number of aliphatic hydroxyl groups is 1. The van der Waals surface area contributed by atoms with Crippen LogP contribution in [0.25, 0.3) is 0 Å². The van der Waals surface area contributed by atoms with Crippen molar-refractivity contribution in [2.75, 3.05) is 13.1 Å². The fraction of sp³-hybridized carbons (Fsp3) is 0.333. The van der Waals surface area contributed by atoms with Gasteiger partial charge in [0.2, 0.25) is 0 Å². The third-order valence-corrected chi connectivity index (χ3v) is 5.65. The van der Waals surface area contributed by atoms with Crippen molar-refractivity contribution in [3.05, 3.63) is 63.7 Å². The molecule has 0 bridgehead atoms. The van der Waals surface area contributed by atoms with Crippen LogP contribution in [0.2, 0.25) is 5.02 Å². The SMILES string of the molecule is OCc1cccc(CSc2c(Cl)ccc3c2CCNCC3)c1. The van der Waals surface area contributed by atoms with E-state index in [2.05, 4.69) is 23.5 Å². The summed E-state index contributed by atoms with van der Waals surface area (Å²) in [4.78, 5) is 1.22. The predicted molar refractivity (Wildman–Crippen MR) is 93.7 cm³/mol. The van der Waals surface area contributed by atoms with Crippen LogP contribution in [0.4, 0.5) is 0 Å². The molecule has 4 heteroatoms. The minimum absolute atomic E-state index is 0.0890. The lowest BCUT2D eigenvalue weighted by atomic mass is 10.0. The van der Waals surface area contributed by atoms with E-state index in [9.17, 15) is 5.11 Å². The summed E-state index contributed by atoms with van der Waals surface area (Å²) >= 11 is 8.26. The zero-order valence-electron chi connectivity index (χ0n) is 12.4. The lowest BCUT2D eigenvalue weighted by Crippen LogP contribution is -2.16. The third kappa shape index (κ3) is 3.66. The highest BCUT2D eigenvalue weighted by atomic mass is 35.5. The van der Waals surface area contributed by atoms with Crippen molar-refractivity contribution >= 4 is 23.4 Å². The van der Waals surface area contributed by atoms with Crippen molar-refractivity contribution in [2.45, 2.75) is 30.1 Å². The Morgan fingerprint density at radius 3 is 2.77 bits per heavy atom. The molecule has 3 rings (SSSR count). The number of hydrogen-bond acceptors (Lipinski definition) is 3. The van der Waals surface area contributed by atoms with E-state index in [0.717, 1.165) is 42.3 Å². The Bertz CT molecular complexity index is 660. The van der Waals surface area contributed by atoms with Gasteiger partial charge in [0.25, 0.3) is 0 Å². The molecular formula is C18H20ClNOS. The van der Waals surface area contributed by atoms with Gasteiger partial charge in [0.05, 0.1) is 11.6 Å². The number of halogens is 1. The largest absolute Gasteiger partial charge is 0.392 e. The zero-order chi connectivity index (χ0) is 15.4. The molecule has 0 aromatic heterocycles. The molecule has 2 aromatic rings. The van der Waals surface area contributed by atoms with Crippen molar-refractivity contribution in [2.24, 2.45) is 0 Å². The van der Waals surface area contributed by atoms with Gasteiger partial charge in [-0.2, -0.15) is 0 Å². The smallest absolute Gasteiger partial charge is 0.0681 e. The molecule has 0 amide bonds. The minimum atomic E-state index is 0.0890. The lowest BCUT2D eigenvalue weighted by molar-refractivity contribution is 0.282. The molecule has 0 saturated carbocycles. The Hall–Kier alpha value is -1.00. The highest BCUT2D eigenvalue weighted by molar-refractivity contribution is 7.98. The average Bonchev–Trinajstić information content (AvgIpc) is 2.79. The van der Waals surface area contributed by atoms with E-state index in [-0.39, 0.29) is 6.61 Å². The molecule has 2 nitrogen and oxygen atoms in total. The molecule has 0 spiro atoms.